The van der Waals surface area contributed by atoms with Gasteiger partial charge in [0, 0.05) is 31.5 Å². The van der Waals surface area contributed by atoms with Crippen LogP contribution >= 0.6 is 0 Å². The molecule has 0 atom stereocenters. The normalized spacial score (nSPS) is 21.1. The first-order chi connectivity index (χ1) is 10.6. The van der Waals surface area contributed by atoms with Crippen molar-refractivity contribution in [3.05, 3.63) is 0 Å². The number of nitrogens with one attached hydrogen (secondary N) is 2. The van der Waals surface area contributed by atoms with E-state index in [2.05, 4.69) is 10.6 Å². The zero-order valence-electron chi connectivity index (χ0n) is 14.1. The Morgan fingerprint density at radius 3 is 2.36 bits per heavy atom. The van der Waals surface area contributed by atoms with E-state index < -0.39 is 0 Å². The van der Waals surface area contributed by atoms with E-state index in [-0.39, 0.29) is 17.9 Å². The summed E-state index contributed by atoms with van der Waals surface area (Å²) in [5, 5.41) is 6.44. The van der Waals surface area contributed by atoms with Crippen LogP contribution in [-0.2, 0) is 9.59 Å². The second-order valence-electron chi connectivity index (χ2n) is 7.05. The number of amides is 2. The van der Waals surface area contributed by atoms with Crippen molar-refractivity contribution >= 4 is 11.8 Å². The molecule has 0 saturated carbocycles. The van der Waals surface area contributed by atoms with Gasteiger partial charge in [0.15, 0.2) is 0 Å². The first-order valence-corrected chi connectivity index (χ1v) is 8.85. The molecule has 2 amide bonds. The molecule has 5 nitrogen and oxygen atoms in total. The number of nitrogens with zero attached hydrogens (tertiary/aromatic N) is 1. The van der Waals surface area contributed by atoms with Crippen molar-refractivity contribution in [3.8, 4) is 0 Å². The molecule has 0 spiro atoms. The smallest absolute Gasteiger partial charge is 0.222 e. The molecule has 5 heteroatoms. The number of rotatable bonds is 5. The van der Waals surface area contributed by atoms with Crippen molar-refractivity contribution in [3.63, 3.8) is 0 Å². The van der Waals surface area contributed by atoms with Gasteiger partial charge in [-0.15, -0.1) is 0 Å². The van der Waals surface area contributed by atoms with Crippen molar-refractivity contribution in [2.24, 2.45) is 11.8 Å². The zero-order chi connectivity index (χ0) is 15.9. The number of hydrogen-bond acceptors (Lipinski definition) is 3. The van der Waals surface area contributed by atoms with Crippen LogP contribution in [0, 0.1) is 11.8 Å². The Bertz CT molecular complexity index is 370. The highest BCUT2D eigenvalue weighted by Crippen LogP contribution is 2.19. The summed E-state index contributed by atoms with van der Waals surface area (Å²) in [6.07, 6.45) is 5.90. The molecule has 0 bridgehead atoms. The fourth-order valence-electron chi connectivity index (χ4n) is 3.30. The summed E-state index contributed by atoms with van der Waals surface area (Å²) in [5.74, 6) is 1.17. The number of carbonyl (C=O) groups is 2. The summed E-state index contributed by atoms with van der Waals surface area (Å²) in [5.41, 5.74) is 0. The van der Waals surface area contributed by atoms with Crippen molar-refractivity contribution in [2.75, 3.05) is 26.2 Å². The molecule has 2 saturated heterocycles. The fourth-order valence-corrected chi connectivity index (χ4v) is 3.30. The van der Waals surface area contributed by atoms with Crippen LogP contribution in [0.4, 0.5) is 0 Å². The van der Waals surface area contributed by atoms with Gasteiger partial charge in [0.05, 0.1) is 0 Å². The van der Waals surface area contributed by atoms with Crippen LogP contribution in [0.2, 0.25) is 0 Å². The Labute approximate surface area is 134 Å². The lowest BCUT2D eigenvalue weighted by molar-refractivity contribution is -0.132. The molecule has 2 fully saturated rings. The molecule has 0 unspecified atom stereocenters. The monoisotopic (exact) mass is 309 g/mol. The number of hydrogen-bond donors (Lipinski definition) is 2. The van der Waals surface area contributed by atoms with Gasteiger partial charge in [0.25, 0.3) is 0 Å². The van der Waals surface area contributed by atoms with Crippen molar-refractivity contribution < 1.29 is 9.59 Å². The summed E-state index contributed by atoms with van der Waals surface area (Å²) in [6, 6.07) is 0.239. The molecule has 0 aromatic heterocycles. The Hall–Kier alpha value is -1.10. The van der Waals surface area contributed by atoms with Gasteiger partial charge >= 0.3 is 0 Å². The lowest BCUT2D eigenvalue weighted by Gasteiger charge is -2.33. The lowest BCUT2D eigenvalue weighted by atomic mass is 9.93. The van der Waals surface area contributed by atoms with E-state index in [1.807, 2.05) is 18.7 Å². The predicted octanol–water partition coefficient (Wildman–Crippen LogP) is 1.53. The van der Waals surface area contributed by atoms with Gasteiger partial charge in [-0.1, -0.05) is 13.8 Å². The van der Waals surface area contributed by atoms with Crippen LogP contribution in [0.3, 0.4) is 0 Å². The molecule has 2 heterocycles. The quantitative estimate of drug-likeness (QED) is 0.809. The Balaban J connectivity index is 1.65. The molecule has 126 valence electrons. The SMILES string of the molecule is CC(C)C(=O)NC1CCN(C(=O)CCC2CCNCC2)CC1. The maximum atomic E-state index is 12.3. The van der Waals surface area contributed by atoms with Crippen LogP contribution in [0.15, 0.2) is 0 Å². The Morgan fingerprint density at radius 2 is 1.77 bits per heavy atom. The summed E-state index contributed by atoms with van der Waals surface area (Å²) < 4.78 is 0. The molecular formula is C17H31N3O2. The predicted molar refractivity (Wildman–Crippen MR) is 87.4 cm³/mol. The molecule has 0 aromatic carbocycles. The van der Waals surface area contributed by atoms with E-state index in [4.69, 9.17) is 0 Å². The average Bonchev–Trinajstić information content (AvgIpc) is 2.54. The zero-order valence-corrected chi connectivity index (χ0v) is 14.1. The lowest BCUT2D eigenvalue weighted by Crippen LogP contribution is -2.47. The van der Waals surface area contributed by atoms with Gasteiger partial charge in [-0.05, 0) is 51.1 Å². The van der Waals surface area contributed by atoms with E-state index in [1.54, 1.807) is 0 Å². The Kier molecular flexibility index (Phi) is 6.68. The van der Waals surface area contributed by atoms with Gasteiger partial charge in [-0.2, -0.15) is 0 Å². The number of carbonyl (C=O) groups excluding carboxylic acids is 2. The number of likely N-dealkylation sites (tertiary alicyclic amines) is 1. The van der Waals surface area contributed by atoms with Crippen LogP contribution in [-0.4, -0.2) is 48.9 Å². The fraction of sp³-hybridized carbons (Fsp3) is 0.882. The summed E-state index contributed by atoms with van der Waals surface area (Å²) in [7, 11) is 0. The minimum Gasteiger partial charge on any atom is -0.353 e. The Morgan fingerprint density at radius 1 is 1.14 bits per heavy atom. The minimum atomic E-state index is 0.0321. The molecular weight excluding hydrogens is 278 g/mol. The minimum absolute atomic E-state index is 0.0321. The second kappa shape index (κ2) is 8.51. The van der Waals surface area contributed by atoms with Crippen LogP contribution < -0.4 is 10.6 Å². The maximum absolute atomic E-state index is 12.3. The standard InChI is InChI=1S/C17H31N3O2/c1-13(2)17(22)19-15-7-11-20(12-8-15)16(21)4-3-14-5-9-18-10-6-14/h13-15,18H,3-12H2,1-2H3,(H,19,22). The van der Waals surface area contributed by atoms with Gasteiger partial charge in [0.1, 0.15) is 0 Å². The molecule has 2 rings (SSSR count). The third kappa shape index (κ3) is 5.27. The molecule has 0 radical (unpaired) electrons. The van der Waals surface area contributed by atoms with Gasteiger partial charge in [-0.25, -0.2) is 0 Å². The second-order valence-corrected chi connectivity index (χ2v) is 7.05. The molecule has 0 aliphatic carbocycles. The largest absolute Gasteiger partial charge is 0.353 e. The topological polar surface area (TPSA) is 61.4 Å². The van der Waals surface area contributed by atoms with Crippen LogP contribution in [0.5, 0.6) is 0 Å². The van der Waals surface area contributed by atoms with Gasteiger partial charge < -0.3 is 15.5 Å². The third-order valence-corrected chi connectivity index (χ3v) is 4.94. The average molecular weight is 309 g/mol. The molecule has 2 aliphatic heterocycles. The van der Waals surface area contributed by atoms with Crippen molar-refractivity contribution in [1.29, 1.82) is 0 Å². The molecule has 22 heavy (non-hydrogen) atoms. The summed E-state index contributed by atoms with van der Waals surface area (Å²) in [6.45, 7) is 7.59. The van der Waals surface area contributed by atoms with Crippen molar-refractivity contribution in [2.45, 2.75) is 58.4 Å². The van der Waals surface area contributed by atoms with E-state index in [9.17, 15) is 9.59 Å². The maximum Gasteiger partial charge on any atom is 0.222 e. The highest BCUT2D eigenvalue weighted by molar-refractivity contribution is 5.78. The van der Waals surface area contributed by atoms with Crippen molar-refractivity contribution in [1.82, 2.24) is 15.5 Å². The third-order valence-electron chi connectivity index (χ3n) is 4.94. The van der Waals surface area contributed by atoms with E-state index in [1.165, 1.54) is 12.8 Å². The first-order valence-electron chi connectivity index (χ1n) is 8.85. The first kappa shape index (κ1) is 17.3. The highest BCUT2D eigenvalue weighted by Gasteiger charge is 2.25. The van der Waals surface area contributed by atoms with Gasteiger partial charge in [-0.3, -0.25) is 9.59 Å². The highest BCUT2D eigenvalue weighted by atomic mass is 16.2. The van der Waals surface area contributed by atoms with E-state index >= 15 is 0 Å². The summed E-state index contributed by atoms with van der Waals surface area (Å²) >= 11 is 0. The molecule has 2 aliphatic rings. The number of piperidine rings is 2. The summed E-state index contributed by atoms with van der Waals surface area (Å²) in [4.78, 5) is 26.0. The van der Waals surface area contributed by atoms with E-state index in [0.29, 0.717) is 18.2 Å². The van der Waals surface area contributed by atoms with Crippen LogP contribution in [0.1, 0.15) is 52.4 Å². The van der Waals surface area contributed by atoms with Gasteiger partial charge in [0.2, 0.25) is 11.8 Å². The molecule has 2 N–H and O–H groups in total. The van der Waals surface area contributed by atoms with Crippen LogP contribution in [0.25, 0.3) is 0 Å². The van der Waals surface area contributed by atoms with E-state index in [0.717, 1.165) is 45.4 Å². The molecule has 0 aromatic rings.